The van der Waals surface area contributed by atoms with Gasteiger partial charge in [-0.05, 0) is 49.4 Å². The highest BCUT2D eigenvalue weighted by Crippen LogP contribution is 2.31. The standard InChI is InChI=1S/C12H17BrN2O2S.ClH/c1-8-4-10(13)6-11(5-8)18(16,17)15-7-12(14)9-2-3-9;/h4-6,9,12,15H,2-3,7,14H2,1H3;1H. The van der Waals surface area contributed by atoms with Gasteiger partial charge in [0.1, 0.15) is 0 Å². The number of sulfonamides is 1. The summed E-state index contributed by atoms with van der Waals surface area (Å²) in [4.78, 5) is 0.275. The molecule has 1 saturated carbocycles. The van der Waals surface area contributed by atoms with Crippen molar-refractivity contribution < 1.29 is 8.42 Å². The molecule has 3 N–H and O–H groups in total. The van der Waals surface area contributed by atoms with Gasteiger partial charge in [-0.25, -0.2) is 13.1 Å². The molecule has 2 rings (SSSR count). The minimum atomic E-state index is -3.47. The molecule has 0 saturated heterocycles. The van der Waals surface area contributed by atoms with E-state index in [0.717, 1.165) is 22.9 Å². The summed E-state index contributed by atoms with van der Waals surface area (Å²) in [5.41, 5.74) is 6.79. The normalized spacial score (nSPS) is 16.8. The predicted molar refractivity (Wildman–Crippen MR) is 82.0 cm³/mol. The van der Waals surface area contributed by atoms with Gasteiger partial charge >= 0.3 is 0 Å². The van der Waals surface area contributed by atoms with Gasteiger partial charge < -0.3 is 5.73 Å². The molecule has 1 aromatic carbocycles. The Kier molecular flexibility index (Phi) is 5.82. The van der Waals surface area contributed by atoms with Gasteiger partial charge in [0.25, 0.3) is 0 Å². The largest absolute Gasteiger partial charge is 0.326 e. The molecule has 0 bridgehead atoms. The summed E-state index contributed by atoms with van der Waals surface area (Å²) in [6.45, 7) is 2.16. The molecule has 0 amide bonds. The molecular weight excluding hydrogens is 352 g/mol. The zero-order valence-corrected chi connectivity index (χ0v) is 13.8. The first-order valence-electron chi connectivity index (χ1n) is 5.91. The van der Waals surface area contributed by atoms with Crippen molar-refractivity contribution in [2.75, 3.05) is 6.54 Å². The molecule has 0 heterocycles. The summed E-state index contributed by atoms with van der Waals surface area (Å²) in [5, 5.41) is 0. The molecule has 1 aliphatic carbocycles. The number of rotatable bonds is 5. The Bertz CT molecular complexity index is 526. The molecule has 4 nitrogen and oxygen atoms in total. The van der Waals surface area contributed by atoms with Crippen LogP contribution in [0.1, 0.15) is 18.4 Å². The van der Waals surface area contributed by atoms with Crippen molar-refractivity contribution in [2.45, 2.75) is 30.7 Å². The second-order valence-electron chi connectivity index (χ2n) is 4.82. The molecular formula is C12H18BrClN2O2S. The molecule has 108 valence electrons. The average Bonchev–Trinajstić information content (AvgIpc) is 3.08. The molecule has 1 atom stereocenters. The highest BCUT2D eigenvalue weighted by atomic mass is 79.9. The molecule has 1 unspecified atom stereocenters. The minimum absolute atomic E-state index is 0. The van der Waals surface area contributed by atoms with Crippen molar-refractivity contribution >= 4 is 38.4 Å². The molecule has 7 heteroatoms. The maximum atomic E-state index is 12.1. The van der Waals surface area contributed by atoms with Crippen LogP contribution < -0.4 is 10.5 Å². The van der Waals surface area contributed by atoms with Gasteiger partial charge in [-0.1, -0.05) is 15.9 Å². The fourth-order valence-electron chi connectivity index (χ4n) is 1.84. The monoisotopic (exact) mass is 368 g/mol. The number of nitrogens with one attached hydrogen (secondary N) is 1. The van der Waals surface area contributed by atoms with Crippen molar-refractivity contribution in [3.63, 3.8) is 0 Å². The molecule has 0 spiro atoms. The lowest BCUT2D eigenvalue weighted by Gasteiger charge is -2.12. The average molecular weight is 370 g/mol. The Morgan fingerprint density at radius 2 is 2.05 bits per heavy atom. The van der Waals surface area contributed by atoms with Crippen LogP contribution in [0.4, 0.5) is 0 Å². The van der Waals surface area contributed by atoms with E-state index in [1.807, 2.05) is 13.0 Å². The van der Waals surface area contributed by atoms with E-state index in [1.165, 1.54) is 0 Å². The van der Waals surface area contributed by atoms with Crippen molar-refractivity contribution in [2.24, 2.45) is 11.7 Å². The number of hydrogen-bond acceptors (Lipinski definition) is 3. The SMILES string of the molecule is Cc1cc(Br)cc(S(=O)(=O)NCC(N)C2CC2)c1.Cl. The van der Waals surface area contributed by atoms with E-state index in [-0.39, 0.29) is 23.3 Å². The molecule has 19 heavy (non-hydrogen) atoms. The molecule has 1 fully saturated rings. The predicted octanol–water partition coefficient (Wildman–Crippen LogP) is 2.19. The van der Waals surface area contributed by atoms with Crippen molar-refractivity contribution in [1.82, 2.24) is 4.72 Å². The summed E-state index contributed by atoms with van der Waals surface area (Å²) in [6, 6.07) is 5.04. The number of nitrogens with two attached hydrogens (primary N) is 1. The van der Waals surface area contributed by atoms with Crippen molar-refractivity contribution in [1.29, 1.82) is 0 Å². The lowest BCUT2D eigenvalue weighted by Crippen LogP contribution is -2.38. The maximum absolute atomic E-state index is 12.1. The number of aryl methyl sites for hydroxylation is 1. The van der Waals surface area contributed by atoms with Gasteiger partial charge in [-0.3, -0.25) is 0 Å². The molecule has 0 aromatic heterocycles. The third kappa shape index (κ3) is 4.72. The Morgan fingerprint density at radius 3 is 2.58 bits per heavy atom. The lowest BCUT2D eigenvalue weighted by atomic mass is 10.2. The van der Waals surface area contributed by atoms with E-state index in [2.05, 4.69) is 20.7 Å². The minimum Gasteiger partial charge on any atom is -0.326 e. The summed E-state index contributed by atoms with van der Waals surface area (Å²) in [7, 11) is -3.47. The smallest absolute Gasteiger partial charge is 0.240 e. The first-order valence-corrected chi connectivity index (χ1v) is 8.18. The summed E-state index contributed by atoms with van der Waals surface area (Å²) < 4.78 is 27.5. The van der Waals surface area contributed by atoms with Crippen LogP contribution in [-0.4, -0.2) is 21.0 Å². The van der Waals surface area contributed by atoms with E-state index in [1.54, 1.807) is 12.1 Å². The third-order valence-corrected chi connectivity index (χ3v) is 4.92. The highest BCUT2D eigenvalue weighted by molar-refractivity contribution is 9.10. The fraction of sp³-hybridized carbons (Fsp3) is 0.500. The molecule has 1 aromatic rings. The summed E-state index contributed by atoms with van der Waals surface area (Å²) in [6.07, 6.45) is 2.22. The fourth-order valence-corrected chi connectivity index (χ4v) is 3.80. The highest BCUT2D eigenvalue weighted by Gasteiger charge is 2.29. The number of halogens is 2. The zero-order valence-electron chi connectivity index (χ0n) is 10.6. The van der Waals surface area contributed by atoms with Crippen LogP contribution >= 0.6 is 28.3 Å². The lowest BCUT2D eigenvalue weighted by molar-refractivity contribution is 0.547. The number of benzene rings is 1. The Morgan fingerprint density at radius 1 is 1.42 bits per heavy atom. The summed E-state index contributed by atoms with van der Waals surface area (Å²) >= 11 is 3.30. The Hall–Kier alpha value is -0.140. The van der Waals surface area contributed by atoms with Crippen molar-refractivity contribution in [3.8, 4) is 0 Å². The van der Waals surface area contributed by atoms with Gasteiger partial charge in [0.15, 0.2) is 0 Å². The van der Waals surface area contributed by atoms with E-state index >= 15 is 0 Å². The van der Waals surface area contributed by atoms with Gasteiger partial charge in [0.05, 0.1) is 4.90 Å². The van der Waals surface area contributed by atoms with Crippen LogP contribution in [0.2, 0.25) is 0 Å². The third-order valence-electron chi connectivity index (χ3n) is 3.06. The van der Waals surface area contributed by atoms with Crippen LogP contribution in [0, 0.1) is 12.8 Å². The van der Waals surface area contributed by atoms with Crippen LogP contribution in [-0.2, 0) is 10.0 Å². The van der Waals surface area contributed by atoms with Crippen molar-refractivity contribution in [3.05, 3.63) is 28.2 Å². The van der Waals surface area contributed by atoms with Gasteiger partial charge in [-0.2, -0.15) is 0 Å². The Labute approximate surface area is 128 Å². The van der Waals surface area contributed by atoms with E-state index in [4.69, 9.17) is 5.73 Å². The first-order chi connectivity index (χ1) is 8.38. The molecule has 0 radical (unpaired) electrons. The van der Waals surface area contributed by atoms with Crippen LogP contribution in [0.5, 0.6) is 0 Å². The Balaban J connectivity index is 0.00000180. The second-order valence-corrected chi connectivity index (χ2v) is 7.50. The number of hydrogen-bond donors (Lipinski definition) is 2. The second kappa shape index (κ2) is 6.54. The quantitative estimate of drug-likeness (QED) is 0.835. The molecule has 1 aliphatic rings. The topological polar surface area (TPSA) is 72.2 Å². The summed E-state index contributed by atoms with van der Waals surface area (Å²) in [5.74, 6) is 0.483. The van der Waals surface area contributed by atoms with Gasteiger partial charge in [-0.15, -0.1) is 12.4 Å². The first kappa shape index (κ1) is 16.9. The van der Waals surface area contributed by atoms with Gasteiger partial charge in [0, 0.05) is 17.1 Å². The van der Waals surface area contributed by atoms with E-state index in [0.29, 0.717) is 12.5 Å². The van der Waals surface area contributed by atoms with Crippen LogP contribution in [0.25, 0.3) is 0 Å². The maximum Gasteiger partial charge on any atom is 0.240 e. The van der Waals surface area contributed by atoms with Crippen LogP contribution in [0.3, 0.4) is 0 Å². The zero-order chi connectivity index (χ0) is 13.3. The van der Waals surface area contributed by atoms with E-state index in [9.17, 15) is 8.42 Å². The van der Waals surface area contributed by atoms with Gasteiger partial charge in [0.2, 0.25) is 10.0 Å². The van der Waals surface area contributed by atoms with Crippen LogP contribution in [0.15, 0.2) is 27.6 Å². The molecule has 0 aliphatic heterocycles. The van der Waals surface area contributed by atoms with E-state index < -0.39 is 10.0 Å².